The van der Waals surface area contributed by atoms with E-state index in [1.165, 1.54) is 6.26 Å². The van der Waals surface area contributed by atoms with E-state index in [0.29, 0.717) is 6.61 Å². The molecule has 110 valence electrons. The van der Waals surface area contributed by atoms with Gasteiger partial charge in [0.05, 0.1) is 0 Å². The summed E-state index contributed by atoms with van der Waals surface area (Å²) in [7, 11) is -3.02. The van der Waals surface area contributed by atoms with E-state index >= 15 is 0 Å². The zero-order valence-electron chi connectivity index (χ0n) is 11.4. The molecule has 1 aliphatic rings. The number of rotatable bonds is 5. The van der Waals surface area contributed by atoms with Crippen LogP contribution >= 0.6 is 22.6 Å². The van der Waals surface area contributed by atoms with Gasteiger partial charge in [-0.3, -0.25) is 0 Å². The van der Waals surface area contributed by atoms with Crippen LogP contribution in [0.25, 0.3) is 0 Å². The van der Waals surface area contributed by atoms with E-state index in [1.54, 1.807) is 13.8 Å². The first kappa shape index (κ1) is 17.4. The summed E-state index contributed by atoms with van der Waals surface area (Å²) >= 11 is 1.67. The number of ether oxygens (including phenoxy) is 2. The Morgan fingerprint density at radius 3 is 2.33 bits per heavy atom. The second kappa shape index (κ2) is 5.98. The molecule has 7 heteroatoms. The second-order valence-corrected chi connectivity index (χ2v) is 15.9. The summed E-state index contributed by atoms with van der Waals surface area (Å²) in [6.07, 6.45) is 2.22. The van der Waals surface area contributed by atoms with Crippen LogP contribution in [0.15, 0.2) is 0 Å². The van der Waals surface area contributed by atoms with Crippen molar-refractivity contribution in [1.29, 1.82) is 0 Å². The molecular formula is C11H21I2O4S-. The molecule has 0 aromatic heterocycles. The van der Waals surface area contributed by atoms with Gasteiger partial charge < -0.3 is 0 Å². The fraction of sp³-hybridized carbons (Fsp3) is 1.00. The molecule has 2 unspecified atom stereocenters. The third-order valence-electron chi connectivity index (χ3n) is 2.62. The quantitative estimate of drug-likeness (QED) is 0.363. The van der Waals surface area contributed by atoms with E-state index in [9.17, 15) is 8.42 Å². The molecule has 1 aliphatic heterocycles. The molecule has 0 amide bonds. The summed E-state index contributed by atoms with van der Waals surface area (Å²) in [6.45, 7) is 8.20. The summed E-state index contributed by atoms with van der Waals surface area (Å²) < 4.78 is 34.2. The van der Waals surface area contributed by atoms with Crippen molar-refractivity contribution in [3.8, 4) is 0 Å². The molecule has 0 saturated carbocycles. The standard InChI is InChI=1S/C11H21I2O4S/c1-10(2,12)17-8-6-9(16-7-8)13-11(3,4)18(5,14)15/h8-9H,6-7H2,1-5H3/q-1. The van der Waals surface area contributed by atoms with Gasteiger partial charge in [0.1, 0.15) is 0 Å². The van der Waals surface area contributed by atoms with Gasteiger partial charge in [0.25, 0.3) is 0 Å². The molecule has 0 spiro atoms. The van der Waals surface area contributed by atoms with Gasteiger partial charge >= 0.3 is 135 Å². The van der Waals surface area contributed by atoms with Crippen molar-refractivity contribution in [2.24, 2.45) is 0 Å². The molecule has 1 rings (SSSR count). The molecule has 0 bridgehead atoms. The molecule has 0 aromatic carbocycles. The average molecular weight is 503 g/mol. The van der Waals surface area contributed by atoms with E-state index in [1.807, 2.05) is 13.8 Å². The molecule has 2 atom stereocenters. The average Bonchev–Trinajstić information content (AvgIpc) is 2.45. The van der Waals surface area contributed by atoms with E-state index in [0.717, 1.165) is 6.42 Å². The molecule has 1 fully saturated rings. The molecule has 1 saturated heterocycles. The molecule has 0 aromatic rings. The Balaban J connectivity index is 2.54. The molecule has 18 heavy (non-hydrogen) atoms. The van der Waals surface area contributed by atoms with Gasteiger partial charge in [-0.2, -0.15) is 0 Å². The molecule has 0 radical (unpaired) electrons. The van der Waals surface area contributed by atoms with Gasteiger partial charge in [-0.1, -0.05) is 0 Å². The van der Waals surface area contributed by atoms with E-state index < -0.39 is 33.8 Å². The number of alkyl halides is 3. The Kier molecular flexibility index (Phi) is 5.78. The van der Waals surface area contributed by atoms with Gasteiger partial charge in [0, 0.05) is 0 Å². The van der Waals surface area contributed by atoms with E-state index in [2.05, 4.69) is 22.6 Å². The predicted molar refractivity (Wildman–Crippen MR) is 76.3 cm³/mol. The summed E-state index contributed by atoms with van der Waals surface area (Å²) in [4.78, 5) is 0. The summed E-state index contributed by atoms with van der Waals surface area (Å²) in [5.74, 6) is 0. The van der Waals surface area contributed by atoms with Crippen molar-refractivity contribution < 1.29 is 39.1 Å². The fourth-order valence-electron chi connectivity index (χ4n) is 1.48. The predicted octanol–water partition coefficient (Wildman–Crippen LogP) is -0.841. The number of halogens is 2. The van der Waals surface area contributed by atoms with Crippen LogP contribution < -0.4 is 21.2 Å². The summed E-state index contributed by atoms with van der Waals surface area (Å²) in [6, 6.07) is 0. The Morgan fingerprint density at radius 1 is 1.33 bits per heavy atom. The third kappa shape index (κ3) is 5.37. The van der Waals surface area contributed by atoms with Gasteiger partial charge in [-0.05, 0) is 0 Å². The normalized spacial score (nSPS) is 26.8. The summed E-state index contributed by atoms with van der Waals surface area (Å²) in [5.41, 5.74) is 0. The van der Waals surface area contributed by atoms with Crippen LogP contribution in [-0.4, -0.2) is 37.9 Å². The van der Waals surface area contributed by atoms with Crippen molar-refractivity contribution in [2.45, 2.75) is 50.7 Å². The van der Waals surface area contributed by atoms with Crippen molar-refractivity contribution in [3.05, 3.63) is 0 Å². The Labute approximate surface area is 134 Å². The van der Waals surface area contributed by atoms with Crippen molar-refractivity contribution in [1.82, 2.24) is 0 Å². The SMILES string of the molecule is CC(C)(I)OC1COC([I-]C(C)(C)S(C)(=O)=O)C1. The first-order chi connectivity index (χ1) is 7.91. The van der Waals surface area contributed by atoms with Crippen molar-refractivity contribution in [3.63, 3.8) is 0 Å². The minimum atomic E-state index is -3.02. The first-order valence-corrected chi connectivity index (χ1v) is 11.0. The monoisotopic (exact) mass is 503 g/mol. The van der Waals surface area contributed by atoms with Crippen LogP contribution in [0.4, 0.5) is 0 Å². The van der Waals surface area contributed by atoms with Crippen LogP contribution in [0.2, 0.25) is 0 Å². The Hall–Kier alpha value is 1.33. The van der Waals surface area contributed by atoms with Gasteiger partial charge in [-0.15, -0.1) is 0 Å². The topological polar surface area (TPSA) is 52.6 Å². The molecule has 0 N–H and O–H groups in total. The van der Waals surface area contributed by atoms with Crippen LogP contribution in [0.3, 0.4) is 0 Å². The van der Waals surface area contributed by atoms with Crippen LogP contribution in [0.5, 0.6) is 0 Å². The number of hydrogen-bond acceptors (Lipinski definition) is 4. The van der Waals surface area contributed by atoms with Crippen LogP contribution in [0, 0.1) is 0 Å². The van der Waals surface area contributed by atoms with Gasteiger partial charge in [-0.25, -0.2) is 0 Å². The van der Waals surface area contributed by atoms with Gasteiger partial charge in [0.2, 0.25) is 0 Å². The Morgan fingerprint density at radius 2 is 1.89 bits per heavy atom. The van der Waals surface area contributed by atoms with Gasteiger partial charge in [0.15, 0.2) is 0 Å². The second-order valence-electron chi connectivity index (χ2n) is 5.33. The van der Waals surface area contributed by atoms with E-state index in [-0.39, 0.29) is 13.8 Å². The van der Waals surface area contributed by atoms with E-state index in [4.69, 9.17) is 9.47 Å². The maximum atomic E-state index is 11.7. The molecular weight excluding hydrogens is 482 g/mol. The zero-order valence-corrected chi connectivity index (χ0v) is 16.5. The Bertz CT molecular complexity index is 386. The van der Waals surface area contributed by atoms with Crippen LogP contribution in [0.1, 0.15) is 34.1 Å². The molecule has 0 aliphatic carbocycles. The zero-order chi connectivity index (χ0) is 14.2. The first-order valence-electron chi connectivity index (χ1n) is 5.73. The minimum absolute atomic E-state index is 0.0808. The summed E-state index contributed by atoms with van der Waals surface area (Å²) in [5, 5.41) is 0. The third-order valence-corrected chi connectivity index (χ3v) is 10.7. The number of hydrogen-bond donors (Lipinski definition) is 0. The maximum absolute atomic E-state index is 11.7. The molecule has 1 heterocycles. The number of sulfone groups is 1. The molecule has 4 nitrogen and oxygen atoms in total. The van der Waals surface area contributed by atoms with Crippen molar-refractivity contribution in [2.75, 3.05) is 12.9 Å². The van der Waals surface area contributed by atoms with Crippen molar-refractivity contribution >= 4 is 32.4 Å². The van der Waals surface area contributed by atoms with Crippen LogP contribution in [-0.2, 0) is 19.3 Å². The fourth-order valence-corrected chi connectivity index (χ4v) is 6.94.